The SMILES string of the molecule is CCCCCC(Cc1ccc(C#Cc2ccc(CCCC)cc2)cc1)NS(=O)(=O)c1ccc(O)c(C(=O)O)c1. The van der Waals surface area contributed by atoms with Gasteiger partial charge in [0.1, 0.15) is 11.3 Å². The van der Waals surface area contributed by atoms with Gasteiger partial charge in [-0.2, -0.15) is 0 Å². The number of hydrogen-bond acceptors (Lipinski definition) is 4. The van der Waals surface area contributed by atoms with Crippen molar-refractivity contribution in [2.24, 2.45) is 0 Å². The third-order valence-corrected chi connectivity index (χ3v) is 8.07. The summed E-state index contributed by atoms with van der Waals surface area (Å²) in [6.07, 6.45) is 7.42. The number of sulfonamides is 1. The second-order valence-corrected chi connectivity index (χ2v) is 11.5. The van der Waals surface area contributed by atoms with Crippen LogP contribution in [0.4, 0.5) is 0 Å². The predicted molar refractivity (Wildman–Crippen MR) is 154 cm³/mol. The van der Waals surface area contributed by atoms with E-state index in [-0.39, 0.29) is 10.9 Å². The van der Waals surface area contributed by atoms with Gasteiger partial charge >= 0.3 is 5.97 Å². The molecule has 1 unspecified atom stereocenters. The minimum atomic E-state index is -3.99. The zero-order chi connectivity index (χ0) is 28.3. The first kappa shape index (κ1) is 29.9. The third kappa shape index (κ3) is 9.27. The molecule has 3 aromatic rings. The molecule has 6 nitrogen and oxygen atoms in total. The Bertz CT molecular complexity index is 1400. The molecule has 0 heterocycles. The number of aromatic hydroxyl groups is 1. The molecule has 0 saturated carbocycles. The maximum Gasteiger partial charge on any atom is 0.339 e. The Morgan fingerprint density at radius 1 is 0.846 bits per heavy atom. The number of carboxylic acids is 1. The fourth-order valence-corrected chi connectivity index (χ4v) is 5.57. The summed E-state index contributed by atoms with van der Waals surface area (Å²) in [6, 6.07) is 19.1. The molecule has 7 heteroatoms. The van der Waals surface area contributed by atoms with Crippen molar-refractivity contribution in [3.63, 3.8) is 0 Å². The minimum absolute atomic E-state index is 0.192. The fraction of sp³-hybridized carbons (Fsp3) is 0.344. The van der Waals surface area contributed by atoms with Crippen molar-refractivity contribution in [1.82, 2.24) is 4.72 Å². The Balaban J connectivity index is 1.71. The molecule has 206 valence electrons. The molecule has 3 rings (SSSR count). The molecule has 3 aromatic carbocycles. The van der Waals surface area contributed by atoms with Crippen LogP contribution in [0.3, 0.4) is 0 Å². The molecule has 39 heavy (non-hydrogen) atoms. The Morgan fingerprint density at radius 3 is 2.00 bits per heavy atom. The third-order valence-electron chi connectivity index (χ3n) is 6.55. The zero-order valence-electron chi connectivity index (χ0n) is 22.6. The van der Waals surface area contributed by atoms with Gasteiger partial charge in [0.15, 0.2) is 0 Å². The molecule has 0 radical (unpaired) electrons. The van der Waals surface area contributed by atoms with Gasteiger partial charge < -0.3 is 10.2 Å². The van der Waals surface area contributed by atoms with Gasteiger partial charge in [-0.05, 0) is 79.3 Å². The molecule has 0 amide bonds. The number of aryl methyl sites for hydroxylation is 1. The van der Waals surface area contributed by atoms with Gasteiger partial charge in [0, 0.05) is 17.2 Å². The summed E-state index contributed by atoms with van der Waals surface area (Å²) in [5, 5.41) is 19.0. The average molecular weight is 548 g/mol. The van der Waals surface area contributed by atoms with E-state index in [0.717, 1.165) is 54.5 Å². The number of unbranched alkanes of at least 4 members (excludes halogenated alkanes) is 3. The lowest BCUT2D eigenvalue weighted by atomic mass is 10.0. The molecule has 0 bridgehead atoms. The van der Waals surface area contributed by atoms with Crippen LogP contribution in [-0.2, 0) is 22.9 Å². The smallest absolute Gasteiger partial charge is 0.339 e. The summed E-state index contributed by atoms with van der Waals surface area (Å²) in [5.74, 6) is 4.53. The van der Waals surface area contributed by atoms with Crippen LogP contribution < -0.4 is 4.72 Å². The standard InChI is InChI=1S/C32H37NO5S/c1-3-5-7-9-28(33-39(37,38)29-20-21-31(34)30(23-29)32(35)36)22-27-18-16-26(17-19-27)15-14-25-12-10-24(11-13-25)8-6-4-2/h10-13,16-21,23,28,33-34H,3-9,22H2,1-2H3,(H,35,36). The molecule has 0 fully saturated rings. The Kier molecular flexibility index (Phi) is 11.2. The number of phenols is 1. The van der Waals surface area contributed by atoms with Gasteiger partial charge in [-0.3, -0.25) is 0 Å². The second-order valence-electron chi connectivity index (χ2n) is 9.75. The number of nitrogens with one attached hydrogen (secondary N) is 1. The van der Waals surface area contributed by atoms with Gasteiger partial charge in [0.2, 0.25) is 10.0 Å². The highest BCUT2D eigenvalue weighted by Crippen LogP contribution is 2.22. The van der Waals surface area contributed by atoms with Gasteiger partial charge in [-0.1, -0.05) is 75.6 Å². The molecule has 0 aliphatic heterocycles. The van der Waals surface area contributed by atoms with Gasteiger partial charge in [0.25, 0.3) is 0 Å². The van der Waals surface area contributed by atoms with Gasteiger partial charge in [-0.25, -0.2) is 17.9 Å². The highest BCUT2D eigenvalue weighted by Gasteiger charge is 2.23. The van der Waals surface area contributed by atoms with Crippen LogP contribution in [0.25, 0.3) is 0 Å². The van der Waals surface area contributed by atoms with Crippen LogP contribution in [0.5, 0.6) is 5.75 Å². The zero-order valence-corrected chi connectivity index (χ0v) is 23.4. The lowest BCUT2D eigenvalue weighted by molar-refractivity contribution is 0.0693. The molecule has 0 aromatic heterocycles. The van der Waals surface area contributed by atoms with Gasteiger partial charge in [-0.15, -0.1) is 0 Å². The largest absolute Gasteiger partial charge is 0.507 e. The fourth-order valence-electron chi connectivity index (χ4n) is 4.27. The van der Waals surface area contributed by atoms with Crippen molar-refractivity contribution in [2.75, 3.05) is 0 Å². The second kappa shape index (κ2) is 14.5. The van der Waals surface area contributed by atoms with Crippen molar-refractivity contribution >= 4 is 16.0 Å². The van der Waals surface area contributed by atoms with E-state index in [2.05, 4.69) is 42.5 Å². The van der Waals surface area contributed by atoms with E-state index in [1.54, 1.807) is 0 Å². The average Bonchev–Trinajstić information content (AvgIpc) is 2.92. The molecular weight excluding hydrogens is 510 g/mol. The van der Waals surface area contributed by atoms with Crippen LogP contribution in [0, 0.1) is 11.8 Å². The molecule has 3 N–H and O–H groups in total. The monoisotopic (exact) mass is 547 g/mol. The molecule has 1 atom stereocenters. The maximum absolute atomic E-state index is 13.1. The van der Waals surface area contributed by atoms with E-state index in [1.807, 2.05) is 36.4 Å². The summed E-state index contributed by atoms with van der Waals surface area (Å²) in [5.41, 5.74) is 3.68. The number of aromatic carboxylic acids is 1. The van der Waals surface area contributed by atoms with Gasteiger partial charge in [0.05, 0.1) is 4.90 Å². The van der Waals surface area contributed by atoms with Crippen molar-refractivity contribution in [3.05, 3.63) is 94.5 Å². The lowest BCUT2D eigenvalue weighted by Gasteiger charge is -2.19. The minimum Gasteiger partial charge on any atom is -0.507 e. The Labute approximate surface area is 232 Å². The molecule has 0 aliphatic rings. The molecular formula is C32H37NO5S. The quantitative estimate of drug-likeness (QED) is 0.172. The molecule has 0 aliphatic carbocycles. The van der Waals surface area contributed by atoms with E-state index >= 15 is 0 Å². The van der Waals surface area contributed by atoms with E-state index in [9.17, 15) is 23.4 Å². The number of carboxylic acid groups (broad SMARTS) is 1. The summed E-state index contributed by atoms with van der Waals surface area (Å²) in [7, 11) is -3.99. The first-order valence-corrected chi connectivity index (χ1v) is 15.0. The van der Waals surface area contributed by atoms with Crippen molar-refractivity contribution < 1.29 is 23.4 Å². The highest BCUT2D eigenvalue weighted by atomic mass is 32.2. The van der Waals surface area contributed by atoms with Crippen LogP contribution in [0.1, 0.15) is 85.0 Å². The maximum atomic E-state index is 13.1. The predicted octanol–water partition coefficient (Wildman–Crippen LogP) is 6.30. The Morgan fingerprint density at radius 2 is 1.44 bits per heavy atom. The first-order valence-electron chi connectivity index (χ1n) is 13.5. The Hall–Kier alpha value is -3.60. The topological polar surface area (TPSA) is 104 Å². The number of rotatable bonds is 13. The number of hydrogen-bond donors (Lipinski definition) is 3. The highest BCUT2D eigenvalue weighted by molar-refractivity contribution is 7.89. The van der Waals surface area contributed by atoms with Crippen molar-refractivity contribution in [1.29, 1.82) is 0 Å². The van der Waals surface area contributed by atoms with E-state index in [4.69, 9.17) is 0 Å². The van der Waals surface area contributed by atoms with Crippen molar-refractivity contribution in [3.8, 4) is 17.6 Å². The summed E-state index contributed by atoms with van der Waals surface area (Å²) in [6.45, 7) is 4.27. The van der Waals surface area contributed by atoms with Crippen LogP contribution >= 0.6 is 0 Å². The first-order chi connectivity index (χ1) is 18.7. The van der Waals surface area contributed by atoms with E-state index in [1.165, 1.54) is 24.5 Å². The lowest BCUT2D eigenvalue weighted by Crippen LogP contribution is -2.36. The van der Waals surface area contributed by atoms with Crippen LogP contribution in [0.15, 0.2) is 71.6 Å². The summed E-state index contributed by atoms with van der Waals surface area (Å²) >= 11 is 0. The van der Waals surface area contributed by atoms with Crippen LogP contribution in [0.2, 0.25) is 0 Å². The van der Waals surface area contributed by atoms with Crippen molar-refractivity contribution in [2.45, 2.75) is 76.2 Å². The normalized spacial score (nSPS) is 11.9. The van der Waals surface area contributed by atoms with E-state index < -0.39 is 27.3 Å². The number of carbonyl (C=O) groups is 1. The van der Waals surface area contributed by atoms with E-state index in [0.29, 0.717) is 12.8 Å². The molecule has 0 saturated heterocycles. The summed E-state index contributed by atoms with van der Waals surface area (Å²) in [4.78, 5) is 11.2. The number of benzene rings is 3. The molecule has 0 spiro atoms. The van der Waals surface area contributed by atoms with Crippen LogP contribution in [-0.4, -0.2) is 30.6 Å². The summed E-state index contributed by atoms with van der Waals surface area (Å²) < 4.78 is 28.9.